The van der Waals surface area contributed by atoms with Crippen molar-refractivity contribution >= 4 is 5.91 Å². The number of carbonyl (C=O) groups excluding carboxylic acids is 1. The molecule has 2 rings (SSSR count). The number of hydrogen-bond donors (Lipinski definition) is 2. The molecule has 3 nitrogen and oxygen atoms in total. The van der Waals surface area contributed by atoms with E-state index in [1.54, 1.807) is 12.1 Å². The Balaban J connectivity index is 1.88. The molecule has 0 aliphatic carbocycles. The van der Waals surface area contributed by atoms with Crippen LogP contribution in [0.4, 0.5) is 4.39 Å². The minimum Gasteiger partial charge on any atom is -0.351 e. The average molecular weight is 250 g/mol. The van der Waals surface area contributed by atoms with Gasteiger partial charge in [0.2, 0.25) is 5.91 Å². The zero-order valence-electron chi connectivity index (χ0n) is 10.6. The summed E-state index contributed by atoms with van der Waals surface area (Å²) >= 11 is 0. The van der Waals surface area contributed by atoms with Gasteiger partial charge in [-0.3, -0.25) is 4.79 Å². The minimum atomic E-state index is -0.272. The van der Waals surface area contributed by atoms with Crippen molar-refractivity contribution in [1.29, 1.82) is 0 Å². The van der Waals surface area contributed by atoms with Crippen molar-refractivity contribution in [2.24, 2.45) is 5.92 Å². The number of nitrogens with one attached hydrogen (secondary N) is 2. The molecule has 0 saturated carbocycles. The van der Waals surface area contributed by atoms with Gasteiger partial charge in [0.1, 0.15) is 5.82 Å². The molecule has 1 aromatic carbocycles. The highest BCUT2D eigenvalue weighted by Gasteiger charge is 2.26. The Kier molecular flexibility index (Phi) is 4.31. The normalized spacial score (nSPS) is 23.7. The molecular weight excluding hydrogens is 231 g/mol. The molecule has 1 heterocycles. The van der Waals surface area contributed by atoms with E-state index >= 15 is 0 Å². The Morgan fingerprint density at radius 1 is 1.56 bits per heavy atom. The average Bonchev–Trinajstić information content (AvgIpc) is 2.37. The Bertz CT molecular complexity index is 422. The maximum Gasteiger partial charge on any atom is 0.237 e. The van der Waals surface area contributed by atoms with Crippen LogP contribution in [0.25, 0.3) is 0 Å². The zero-order valence-corrected chi connectivity index (χ0v) is 10.6. The van der Waals surface area contributed by atoms with E-state index < -0.39 is 0 Å². The monoisotopic (exact) mass is 250 g/mol. The predicted molar refractivity (Wildman–Crippen MR) is 68.4 cm³/mol. The van der Waals surface area contributed by atoms with Crippen molar-refractivity contribution in [3.8, 4) is 0 Å². The van der Waals surface area contributed by atoms with E-state index in [0.717, 1.165) is 24.9 Å². The van der Waals surface area contributed by atoms with Crippen LogP contribution in [-0.4, -0.2) is 18.5 Å². The molecule has 0 spiro atoms. The summed E-state index contributed by atoms with van der Waals surface area (Å²) in [5.74, 6) is 0.0867. The second-order valence-electron chi connectivity index (χ2n) is 4.90. The van der Waals surface area contributed by atoms with Gasteiger partial charge in [-0.2, -0.15) is 0 Å². The van der Waals surface area contributed by atoms with E-state index in [2.05, 4.69) is 17.6 Å². The summed E-state index contributed by atoms with van der Waals surface area (Å²) in [6.45, 7) is 3.35. The second-order valence-corrected chi connectivity index (χ2v) is 4.90. The van der Waals surface area contributed by atoms with Crippen LogP contribution in [0.15, 0.2) is 24.3 Å². The predicted octanol–water partition coefficient (Wildman–Crippen LogP) is 1.83. The van der Waals surface area contributed by atoms with Crippen molar-refractivity contribution in [1.82, 2.24) is 10.6 Å². The fraction of sp³-hybridized carbons (Fsp3) is 0.500. The Hall–Kier alpha value is -1.42. The summed E-state index contributed by atoms with van der Waals surface area (Å²) in [7, 11) is 0. The second kappa shape index (κ2) is 5.96. The van der Waals surface area contributed by atoms with Gasteiger partial charge in [0, 0.05) is 6.54 Å². The van der Waals surface area contributed by atoms with Crippen molar-refractivity contribution < 1.29 is 9.18 Å². The van der Waals surface area contributed by atoms with E-state index in [9.17, 15) is 9.18 Å². The number of carbonyl (C=O) groups is 1. The molecule has 0 bridgehead atoms. The third-order valence-electron chi connectivity index (χ3n) is 3.41. The molecule has 0 aromatic heterocycles. The Morgan fingerprint density at radius 3 is 3.11 bits per heavy atom. The highest BCUT2D eigenvalue weighted by molar-refractivity contribution is 5.82. The third-order valence-corrected chi connectivity index (χ3v) is 3.41. The van der Waals surface area contributed by atoms with E-state index in [4.69, 9.17) is 0 Å². The largest absolute Gasteiger partial charge is 0.351 e. The number of halogens is 1. The zero-order chi connectivity index (χ0) is 13.0. The number of hydrogen-bond acceptors (Lipinski definition) is 2. The van der Waals surface area contributed by atoms with Gasteiger partial charge in [0.25, 0.3) is 0 Å². The fourth-order valence-electron chi connectivity index (χ4n) is 2.35. The fourth-order valence-corrected chi connectivity index (χ4v) is 2.35. The first kappa shape index (κ1) is 13.0. The first-order valence-corrected chi connectivity index (χ1v) is 6.42. The highest BCUT2D eigenvalue weighted by atomic mass is 19.1. The van der Waals surface area contributed by atoms with E-state index in [-0.39, 0.29) is 17.8 Å². The Morgan fingerprint density at radius 2 is 2.39 bits per heavy atom. The van der Waals surface area contributed by atoms with Gasteiger partial charge in [-0.15, -0.1) is 0 Å². The van der Waals surface area contributed by atoms with Crippen LogP contribution in [0, 0.1) is 11.7 Å². The first-order valence-electron chi connectivity index (χ1n) is 6.42. The SMILES string of the molecule is CC1CCCNC1C(=O)NCc1cccc(F)c1. The molecule has 2 atom stereocenters. The summed E-state index contributed by atoms with van der Waals surface area (Å²) in [6.07, 6.45) is 2.19. The molecule has 0 radical (unpaired) electrons. The number of amides is 1. The summed E-state index contributed by atoms with van der Waals surface area (Å²) < 4.78 is 13.0. The van der Waals surface area contributed by atoms with Crippen molar-refractivity contribution in [2.45, 2.75) is 32.4 Å². The van der Waals surface area contributed by atoms with Crippen LogP contribution in [-0.2, 0) is 11.3 Å². The lowest BCUT2D eigenvalue weighted by Crippen LogP contribution is -2.50. The summed E-state index contributed by atoms with van der Waals surface area (Å²) in [5, 5.41) is 6.09. The first-order chi connectivity index (χ1) is 8.66. The maximum absolute atomic E-state index is 13.0. The molecule has 2 unspecified atom stereocenters. The molecule has 1 saturated heterocycles. The molecule has 98 valence electrons. The van der Waals surface area contributed by atoms with Gasteiger partial charge >= 0.3 is 0 Å². The summed E-state index contributed by atoms with van der Waals surface area (Å²) in [4.78, 5) is 12.0. The molecule has 1 fully saturated rings. The topological polar surface area (TPSA) is 41.1 Å². The lowest BCUT2D eigenvalue weighted by molar-refractivity contribution is -0.125. The minimum absolute atomic E-state index is 0.00598. The van der Waals surface area contributed by atoms with Crippen LogP contribution < -0.4 is 10.6 Å². The molecular formula is C14H19FN2O. The van der Waals surface area contributed by atoms with Gasteiger partial charge in [-0.1, -0.05) is 19.1 Å². The maximum atomic E-state index is 13.0. The lowest BCUT2D eigenvalue weighted by Gasteiger charge is -2.28. The number of piperidine rings is 1. The molecule has 1 amide bonds. The highest BCUT2D eigenvalue weighted by Crippen LogP contribution is 2.15. The smallest absolute Gasteiger partial charge is 0.237 e. The number of rotatable bonds is 3. The van der Waals surface area contributed by atoms with Crippen molar-refractivity contribution in [3.05, 3.63) is 35.6 Å². The van der Waals surface area contributed by atoms with E-state index in [1.165, 1.54) is 12.1 Å². The van der Waals surface area contributed by atoms with Crippen molar-refractivity contribution in [2.75, 3.05) is 6.54 Å². The van der Waals surface area contributed by atoms with Gasteiger partial charge in [0.05, 0.1) is 6.04 Å². The van der Waals surface area contributed by atoms with Crippen LogP contribution in [0.2, 0.25) is 0 Å². The molecule has 1 aliphatic rings. The van der Waals surface area contributed by atoms with Crippen LogP contribution >= 0.6 is 0 Å². The van der Waals surface area contributed by atoms with Gasteiger partial charge < -0.3 is 10.6 Å². The molecule has 2 N–H and O–H groups in total. The van der Waals surface area contributed by atoms with Crippen LogP contribution in [0.5, 0.6) is 0 Å². The molecule has 1 aromatic rings. The van der Waals surface area contributed by atoms with Gasteiger partial charge in [-0.25, -0.2) is 4.39 Å². The van der Waals surface area contributed by atoms with Gasteiger partial charge in [0.15, 0.2) is 0 Å². The van der Waals surface area contributed by atoms with E-state index in [0.29, 0.717) is 12.5 Å². The third kappa shape index (κ3) is 3.29. The van der Waals surface area contributed by atoms with Crippen LogP contribution in [0.1, 0.15) is 25.3 Å². The number of benzene rings is 1. The van der Waals surface area contributed by atoms with E-state index in [1.807, 2.05) is 0 Å². The summed E-state index contributed by atoms with van der Waals surface area (Å²) in [5.41, 5.74) is 0.784. The standard InChI is InChI=1S/C14H19FN2O/c1-10-4-3-7-16-13(10)14(18)17-9-11-5-2-6-12(15)8-11/h2,5-6,8,10,13,16H,3-4,7,9H2,1H3,(H,17,18). The van der Waals surface area contributed by atoms with Crippen LogP contribution in [0.3, 0.4) is 0 Å². The Labute approximate surface area is 107 Å². The summed E-state index contributed by atoms with van der Waals surface area (Å²) in [6, 6.07) is 6.18. The quantitative estimate of drug-likeness (QED) is 0.859. The molecule has 4 heteroatoms. The molecule has 18 heavy (non-hydrogen) atoms. The lowest BCUT2D eigenvalue weighted by atomic mass is 9.92. The van der Waals surface area contributed by atoms with Crippen molar-refractivity contribution in [3.63, 3.8) is 0 Å². The molecule has 1 aliphatic heterocycles. The van der Waals surface area contributed by atoms with Gasteiger partial charge in [-0.05, 0) is 43.0 Å².